The Morgan fingerprint density at radius 1 is 1.45 bits per heavy atom. The standard InChI is InChI=1S/C15H17FN4OS/c1-20-7-3-2-6-13(20)18-14-12(16)9-17-15(19-14)21-10-11-5-4-8-22-11/h4-5,8-9H,2-3,6-7,10H2,1H3. The highest BCUT2D eigenvalue weighted by atomic mass is 32.1. The summed E-state index contributed by atoms with van der Waals surface area (Å²) >= 11 is 1.59. The molecule has 0 aromatic carbocycles. The summed E-state index contributed by atoms with van der Waals surface area (Å²) in [6.07, 6.45) is 4.15. The van der Waals surface area contributed by atoms with E-state index in [-0.39, 0.29) is 11.8 Å². The number of hydrogen-bond acceptors (Lipinski definition) is 5. The summed E-state index contributed by atoms with van der Waals surface area (Å²) in [5.74, 6) is 0.364. The van der Waals surface area contributed by atoms with Gasteiger partial charge in [-0.2, -0.15) is 4.98 Å². The number of aromatic nitrogens is 2. The molecule has 1 aliphatic heterocycles. The van der Waals surface area contributed by atoms with Crippen molar-refractivity contribution in [2.45, 2.75) is 25.9 Å². The second kappa shape index (κ2) is 6.83. The lowest BCUT2D eigenvalue weighted by atomic mass is 10.1. The first-order valence-electron chi connectivity index (χ1n) is 7.19. The number of aliphatic imine (C=N–C) groups is 1. The molecule has 2 aromatic heterocycles. The molecule has 1 aliphatic rings. The van der Waals surface area contributed by atoms with E-state index in [1.807, 2.05) is 29.5 Å². The van der Waals surface area contributed by atoms with Crippen LogP contribution in [0.2, 0.25) is 0 Å². The van der Waals surface area contributed by atoms with E-state index in [1.54, 1.807) is 11.3 Å². The van der Waals surface area contributed by atoms with E-state index < -0.39 is 5.82 Å². The van der Waals surface area contributed by atoms with Crippen molar-refractivity contribution in [1.29, 1.82) is 0 Å². The lowest BCUT2D eigenvalue weighted by Gasteiger charge is -2.25. The molecule has 0 spiro atoms. The van der Waals surface area contributed by atoms with Crippen LogP contribution in [0.25, 0.3) is 0 Å². The predicted molar refractivity (Wildman–Crippen MR) is 84.2 cm³/mol. The van der Waals surface area contributed by atoms with E-state index >= 15 is 0 Å². The van der Waals surface area contributed by atoms with E-state index in [2.05, 4.69) is 15.0 Å². The van der Waals surface area contributed by atoms with Gasteiger partial charge in [0.25, 0.3) is 0 Å². The van der Waals surface area contributed by atoms with E-state index in [1.165, 1.54) is 0 Å². The molecule has 0 radical (unpaired) electrons. The van der Waals surface area contributed by atoms with Gasteiger partial charge in [0.2, 0.25) is 0 Å². The van der Waals surface area contributed by atoms with Gasteiger partial charge in [0.05, 0.1) is 6.20 Å². The second-order valence-corrected chi connectivity index (χ2v) is 6.13. The molecule has 0 aliphatic carbocycles. The highest BCUT2D eigenvalue weighted by Gasteiger charge is 2.15. The highest BCUT2D eigenvalue weighted by molar-refractivity contribution is 7.09. The smallest absolute Gasteiger partial charge is 0.318 e. The molecular weight excluding hydrogens is 303 g/mol. The van der Waals surface area contributed by atoms with Gasteiger partial charge in [0, 0.05) is 24.9 Å². The third kappa shape index (κ3) is 3.59. The lowest BCUT2D eigenvalue weighted by molar-refractivity contribution is 0.283. The van der Waals surface area contributed by atoms with Crippen molar-refractivity contribution in [3.8, 4) is 6.01 Å². The topological polar surface area (TPSA) is 50.6 Å². The summed E-state index contributed by atoms with van der Waals surface area (Å²) in [5, 5.41) is 1.97. The molecular formula is C15H17FN4OS. The molecule has 0 N–H and O–H groups in total. The van der Waals surface area contributed by atoms with Crippen molar-refractivity contribution >= 4 is 23.0 Å². The van der Waals surface area contributed by atoms with Crippen molar-refractivity contribution in [3.05, 3.63) is 34.4 Å². The molecule has 0 atom stereocenters. The van der Waals surface area contributed by atoms with Crippen molar-refractivity contribution in [3.63, 3.8) is 0 Å². The highest BCUT2D eigenvalue weighted by Crippen LogP contribution is 2.21. The van der Waals surface area contributed by atoms with Crippen LogP contribution >= 0.6 is 11.3 Å². The van der Waals surface area contributed by atoms with Crippen LogP contribution in [0.5, 0.6) is 6.01 Å². The van der Waals surface area contributed by atoms with Gasteiger partial charge in [-0.3, -0.25) is 0 Å². The first kappa shape index (κ1) is 14.9. The van der Waals surface area contributed by atoms with Crippen LogP contribution in [0.1, 0.15) is 24.1 Å². The number of amidine groups is 1. The molecule has 7 heteroatoms. The third-order valence-corrected chi connectivity index (χ3v) is 4.30. The van der Waals surface area contributed by atoms with Gasteiger partial charge in [0.1, 0.15) is 12.4 Å². The largest absolute Gasteiger partial charge is 0.458 e. The van der Waals surface area contributed by atoms with Crippen molar-refractivity contribution in [2.75, 3.05) is 13.6 Å². The minimum absolute atomic E-state index is 0.0416. The molecule has 0 amide bonds. The van der Waals surface area contributed by atoms with Gasteiger partial charge in [-0.15, -0.1) is 11.3 Å². The molecule has 116 valence electrons. The maximum atomic E-state index is 13.9. The molecule has 2 aromatic rings. The van der Waals surface area contributed by atoms with E-state index in [9.17, 15) is 4.39 Å². The molecule has 22 heavy (non-hydrogen) atoms. The van der Waals surface area contributed by atoms with Gasteiger partial charge >= 0.3 is 6.01 Å². The Balaban J connectivity index is 1.76. The summed E-state index contributed by atoms with van der Waals surface area (Å²) in [5.41, 5.74) is 0. The van der Waals surface area contributed by atoms with Crippen molar-refractivity contribution in [2.24, 2.45) is 4.99 Å². The Bertz CT molecular complexity index is 660. The number of likely N-dealkylation sites (tertiary alicyclic amines) is 1. The van der Waals surface area contributed by atoms with Gasteiger partial charge < -0.3 is 9.64 Å². The molecule has 0 bridgehead atoms. The van der Waals surface area contributed by atoms with Crippen LogP contribution in [-0.2, 0) is 6.61 Å². The fraction of sp³-hybridized carbons (Fsp3) is 0.400. The maximum Gasteiger partial charge on any atom is 0.318 e. The van der Waals surface area contributed by atoms with Gasteiger partial charge in [0.15, 0.2) is 11.6 Å². The summed E-state index contributed by atoms with van der Waals surface area (Å²) in [4.78, 5) is 15.4. The van der Waals surface area contributed by atoms with Crippen LogP contribution in [0.4, 0.5) is 10.2 Å². The summed E-state index contributed by atoms with van der Waals surface area (Å²) in [6, 6.07) is 4.06. The zero-order chi connectivity index (χ0) is 15.4. The van der Waals surface area contributed by atoms with E-state index in [0.717, 1.165) is 42.7 Å². The number of rotatable bonds is 4. The zero-order valence-electron chi connectivity index (χ0n) is 12.3. The van der Waals surface area contributed by atoms with Crippen LogP contribution < -0.4 is 4.74 Å². The lowest BCUT2D eigenvalue weighted by Crippen LogP contribution is -2.31. The van der Waals surface area contributed by atoms with E-state index in [4.69, 9.17) is 4.74 Å². The molecule has 1 saturated heterocycles. The Morgan fingerprint density at radius 2 is 2.36 bits per heavy atom. The summed E-state index contributed by atoms with van der Waals surface area (Å²) in [7, 11) is 1.96. The average Bonchev–Trinajstić information content (AvgIpc) is 3.03. The molecule has 0 unspecified atom stereocenters. The van der Waals surface area contributed by atoms with Crippen LogP contribution in [0.15, 0.2) is 28.7 Å². The van der Waals surface area contributed by atoms with Gasteiger partial charge in [-0.1, -0.05) is 6.07 Å². The summed E-state index contributed by atoms with van der Waals surface area (Å²) in [6.45, 7) is 1.31. The van der Waals surface area contributed by atoms with Gasteiger partial charge in [-0.25, -0.2) is 14.4 Å². The monoisotopic (exact) mass is 320 g/mol. The van der Waals surface area contributed by atoms with E-state index in [0.29, 0.717) is 6.61 Å². The molecule has 3 rings (SSSR count). The predicted octanol–water partition coefficient (Wildman–Crippen LogP) is 3.40. The Kier molecular flexibility index (Phi) is 4.62. The Morgan fingerprint density at radius 3 is 3.14 bits per heavy atom. The number of hydrogen-bond donors (Lipinski definition) is 0. The molecule has 3 heterocycles. The number of nitrogens with zero attached hydrogens (tertiary/aromatic N) is 4. The number of piperidine rings is 1. The molecule has 5 nitrogen and oxygen atoms in total. The fourth-order valence-electron chi connectivity index (χ4n) is 2.24. The second-order valence-electron chi connectivity index (χ2n) is 5.10. The van der Waals surface area contributed by atoms with Crippen molar-refractivity contribution in [1.82, 2.24) is 14.9 Å². The van der Waals surface area contributed by atoms with Crippen LogP contribution in [0.3, 0.4) is 0 Å². The number of thiophene rings is 1. The molecule has 0 saturated carbocycles. The Hall–Kier alpha value is -2.02. The first-order chi connectivity index (χ1) is 10.7. The normalized spacial score (nSPS) is 17.0. The zero-order valence-corrected chi connectivity index (χ0v) is 13.1. The maximum absolute atomic E-state index is 13.9. The first-order valence-corrected chi connectivity index (χ1v) is 8.07. The minimum Gasteiger partial charge on any atom is -0.458 e. The van der Waals surface area contributed by atoms with Crippen LogP contribution in [-0.4, -0.2) is 34.3 Å². The quantitative estimate of drug-likeness (QED) is 0.866. The number of halogens is 1. The summed E-state index contributed by atoms with van der Waals surface area (Å²) < 4.78 is 19.4. The molecule has 1 fully saturated rings. The van der Waals surface area contributed by atoms with Crippen molar-refractivity contribution < 1.29 is 9.13 Å². The van der Waals surface area contributed by atoms with Gasteiger partial charge in [-0.05, 0) is 24.3 Å². The number of ether oxygens (including phenoxy) is 1. The average molecular weight is 320 g/mol. The third-order valence-electron chi connectivity index (χ3n) is 3.45. The van der Waals surface area contributed by atoms with Crippen LogP contribution in [0, 0.1) is 5.82 Å². The fourth-order valence-corrected chi connectivity index (χ4v) is 2.85. The SMILES string of the molecule is CN1CCCCC1=Nc1nc(OCc2cccs2)ncc1F. The minimum atomic E-state index is -0.532. The Labute approximate surface area is 132 Å².